The third-order valence-corrected chi connectivity index (χ3v) is 4.48. The van der Waals surface area contributed by atoms with E-state index in [-0.39, 0.29) is 5.69 Å². The minimum absolute atomic E-state index is 0.0762. The van der Waals surface area contributed by atoms with Crippen LogP contribution in [0, 0.1) is 13.8 Å². The van der Waals surface area contributed by atoms with E-state index in [1.54, 1.807) is 19.1 Å². The fourth-order valence-corrected chi connectivity index (χ4v) is 3.00. The number of rotatable bonds is 3. The highest BCUT2D eigenvalue weighted by atomic mass is 35.5. The zero-order valence-corrected chi connectivity index (χ0v) is 14.7. The van der Waals surface area contributed by atoms with Crippen LogP contribution in [0.4, 0.5) is 0 Å². The molecule has 0 unspecified atom stereocenters. The van der Waals surface area contributed by atoms with Gasteiger partial charge in [-0.15, -0.1) is 5.10 Å². The molecule has 2 aromatic carbocycles. The molecule has 0 bridgehead atoms. The van der Waals surface area contributed by atoms with E-state index in [2.05, 4.69) is 15.5 Å². The highest BCUT2D eigenvalue weighted by Gasteiger charge is 2.19. The van der Waals surface area contributed by atoms with E-state index < -0.39 is 5.97 Å². The molecule has 8 heteroatoms. The molecule has 2 aromatic heterocycles. The van der Waals surface area contributed by atoms with Crippen molar-refractivity contribution in [2.75, 3.05) is 0 Å². The van der Waals surface area contributed by atoms with Crippen LogP contribution in [-0.4, -0.2) is 31.2 Å². The molecule has 4 aromatic rings. The molecular weight excluding hydrogens is 356 g/mol. The third kappa shape index (κ3) is 2.53. The molecule has 2 heterocycles. The van der Waals surface area contributed by atoms with Crippen molar-refractivity contribution in [3.8, 4) is 17.0 Å². The van der Waals surface area contributed by atoms with Gasteiger partial charge in [-0.25, -0.2) is 9.48 Å². The zero-order chi connectivity index (χ0) is 18.4. The minimum atomic E-state index is -1.11. The van der Waals surface area contributed by atoms with Crippen LogP contribution in [-0.2, 0) is 0 Å². The van der Waals surface area contributed by atoms with Crippen molar-refractivity contribution in [3.05, 3.63) is 58.4 Å². The number of carboxylic acid groups (broad SMARTS) is 1. The predicted octanol–water partition coefficient (Wildman–Crippen LogP) is 4.04. The van der Waals surface area contributed by atoms with E-state index in [1.165, 1.54) is 4.68 Å². The summed E-state index contributed by atoms with van der Waals surface area (Å²) in [7, 11) is 0. The van der Waals surface area contributed by atoms with E-state index in [4.69, 9.17) is 16.1 Å². The minimum Gasteiger partial charge on any atom is -0.476 e. The average molecular weight is 369 g/mol. The van der Waals surface area contributed by atoms with Gasteiger partial charge < -0.3 is 9.63 Å². The molecular formula is C18H13ClN4O3. The monoisotopic (exact) mass is 368 g/mol. The Labute approximate surface area is 152 Å². The van der Waals surface area contributed by atoms with Gasteiger partial charge in [0.1, 0.15) is 5.52 Å². The number of fused-ring (bicyclic) bond motifs is 1. The summed E-state index contributed by atoms with van der Waals surface area (Å²) in [5, 5.41) is 22.5. The fourth-order valence-electron chi connectivity index (χ4n) is 2.88. The van der Waals surface area contributed by atoms with Crippen molar-refractivity contribution in [1.82, 2.24) is 20.2 Å². The second-order valence-electron chi connectivity index (χ2n) is 5.91. The Morgan fingerprint density at radius 1 is 1.19 bits per heavy atom. The molecule has 0 aliphatic carbocycles. The number of aryl methyl sites for hydroxylation is 1. The van der Waals surface area contributed by atoms with Gasteiger partial charge in [0.2, 0.25) is 0 Å². The Kier molecular flexibility index (Phi) is 3.73. The Balaban J connectivity index is 1.92. The van der Waals surface area contributed by atoms with E-state index >= 15 is 0 Å². The van der Waals surface area contributed by atoms with Crippen molar-refractivity contribution in [1.29, 1.82) is 0 Å². The van der Waals surface area contributed by atoms with Gasteiger partial charge in [-0.2, -0.15) is 0 Å². The number of benzene rings is 2. The van der Waals surface area contributed by atoms with Crippen LogP contribution in [0.2, 0.25) is 5.02 Å². The molecule has 26 heavy (non-hydrogen) atoms. The number of carbonyl (C=O) groups is 1. The average Bonchev–Trinajstić information content (AvgIpc) is 3.18. The van der Waals surface area contributed by atoms with E-state index in [0.717, 1.165) is 16.5 Å². The second kappa shape index (κ2) is 5.96. The van der Waals surface area contributed by atoms with Gasteiger partial charge in [0.05, 0.1) is 16.8 Å². The number of hydrogen-bond acceptors (Lipinski definition) is 5. The quantitative estimate of drug-likeness (QED) is 0.586. The normalized spacial score (nSPS) is 11.2. The van der Waals surface area contributed by atoms with Crippen molar-refractivity contribution in [3.63, 3.8) is 0 Å². The molecule has 1 N–H and O–H groups in total. The Morgan fingerprint density at radius 2 is 1.92 bits per heavy atom. The fraction of sp³-hybridized carbons (Fsp3) is 0.111. The molecule has 0 saturated heterocycles. The lowest BCUT2D eigenvalue weighted by molar-refractivity contribution is 0.0689. The van der Waals surface area contributed by atoms with Gasteiger partial charge in [-0.1, -0.05) is 22.0 Å². The number of aromatic carboxylic acids is 1. The summed E-state index contributed by atoms with van der Waals surface area (Å²) >= 11 is 5.95. The summed E-state index contributed by atoms with van der Waals surface area (Å²) in [5.74, 6) is -0.506. The molecule has 0 aliphatic heterocycles. The first-order valence-electron chi connectivity index (χ1n) is 7.77. The number of hydrogen-bond donors (Lipinski definition) is 1. The first-order chi connectivity index (χ1) is 12.5. The molecule has 0 saturated carbocycles. The van der Waals surface area contributed by atoms with Crippen molar-refractivity contribution < 1.29 is 14.4 Å². The lowest BCUT2D eigenvalue weighted by Gasteiger charge is -2.07. The van der Waals surface area contributed by atoms with Crippen LogP contribution in [0.3, 0.4) is 0 Å². The lowest BCUT2D eigenvalue weighted by Crippen LogP contribution is -2.04. The number of aromatic nitrogens is 4. The molecule has 130 valence electrons. The number of nitrogens with zero attached hydrogens (tertiary/aromatic N) is 4. The smallest absolute Gasteiger partial charge is 0.358 e. The molecule has 4 rings (SSSR count). The SMILES string of the molecule is Cc1cc2noc(-c3ccc(Cl)cc3)c2cc1-n1nnc(C(=O)O)c1C. The van der Waals surface area contributed by atoms with E-state index in [9.17, 15) is 9.90 Å². The number of halogens is 1. The summed E-state index contributed by atoms with van der Waals surface area (Å²) in [5.41, 5.74) is 3.50. The van der Waals surface area contributed by atoms with Crippen LogP contribution in [0.1, 0.15) is 21.7 Å². The molecule has 0 atom stereocenters. The second-order valence-corrected chi connectivity index (χ2v) is 6.35. The van der Waals surface area contributed by atoms with Crippen molar-refractivity contribution in [2.45, 2.75) is 13.8 Å². The summed E-state index contributed by atoms with van der Waals surface area (Å²) in [6, 6.07) is 11.0. The summed E-state index contributed by atoms with van der Waals surface area (Å²) < 4.78 is 7.04. The summed E-state index contributed by atoms with van der Waals surface area (Å²) in [4.78, 5) is 11.2. The van der Waals surface area contributed by atoms with Crippen LogP contribution < -0.4 is 0 Å². The molecule has 0 radical (unpaired) electrons. The molecule has 0 amide bonds. The highest BCUT2D eigenvalue weighted by Crippen LogP contribution is 2.32. The van der Waals surface area contributed by atoms with Gasteiger partial charge in [-0.05, 0) is 55.8 Å². The topological polar surface area (TPSA) is 94.0 Å². The maximum absolute atomic E-state index is 11.2. The Hall–Kier alpha value is -3.19. The first kappa shape index (κ1) is 16.3. The van der Waals surface area contributed by atoms with Crippen molar-refractivity contribution >= 4 is 28.5 Å². The standard InChI is InChI=1S/C18H13ClN4O3/c1-9-7-14-13(17(26-21-14)11-3-5-12(19)6-4-11)8-15(9)23-10(2)16(18(24)25)20-22-23/h3-8H,1-2H3,(H,24,25). The van der Waals surface area contributed by atoms with E-state index in [1.807, 2.05) is 31.2 Å². The van der Waals surface area contributed by atoms with E-state index in [0.29, 0.717) is 27.7 Å². The zero-order valence-electron chi connectivity index (χ0n) is 13.9. The third-order valence-electron chi connectivity index (χ3n) is 4.23. The Bertz CT molecular complexity index is 1150. The summed E-state index contributed by atoms with van der Waals surface area (Å²) in [6.45, 7) is 3.56. The largest absolute Gasteiger partial charge is 0.476 e. The van der Waals surface area contributed by atoms with Crippen molar-refractivity contribution in [2.24, 2.45) is 0 Å². The molecule has 0 aliphatic rings. The summed E-state index contributed by atoms with van der Waals surface area (Å²) in [6.07, 6.45) is 0. The van der Waals surface area contributed by atoms with Gasteiger partial charge in [0.25, 0.3) is 0 Å². The van der Waals surface area contributed by atoms with Gasteiger partial charge in [0, 0.05) is 10.6 Å². The predicted molar refractivity (Wildman–Crippen MR) is 95.8 cm³/mol. The van der Waals surface area contributed by atoms with Gasteiger partial charge >= 0.3 is 5.97 Å². The first-order valence-corrected chi connectivity index (χ1v) is 8.15. The van der Waals surface area contributed by atoms with Gasteiger partial charge in [-0.3, -0.25) is 0 Å². The lowest BCUT2D eigenvalue weighted by atomic mass is 10.1. The molecule has 0 fully saturated rings. The maximum atomic E-state index is 11.2. The van der Waals surface area contributed by atoms with Crippen LogP contribution >= 0.6 is 11.6 Å². The Morgan fingerprint density at radius 3 is 2.58 bits per heavy atom. The maximum Gasteiger partial charge on any atom is 0.358 e. The van der Waals surface area contributed by atoms with Gasteiger partial charge in [0.15, 0.2) is 11.5 Å². The van der Waals surface area contributed by atoms with Crippen LogP contribution in [0.25, 0.3) is 27.9 Å². The number of carboxylic acids is 1. The van der Waals surface area contributed by atoms with Crippen LogP contribution in [0.5, 0.6) is 0 Å². The highest BCUT2D eigenvalue weighted by molar-refractivity contribution is 6.30. The molecule has 0 spiro atoms. The molecule has 7 nitrogen and oxygen atoms in total. The van der Waals surface area contributed by atoms with Crippen LogP contribution in [0.15, 0.2) is 40.9 Å².